The van der Waals surface area contributed by atoms with Crippen LogP contribution in [-0.4, -0.2) is 6.36 Å². The predicted molar refractivity (Wildman–Crippen MR) is 50.6 cm³/mol. The van der Waals surface area contributed by atoms with Crippen LogP contribution in [0.1, 0.15) is 5.56 Å². The Hall–Kier alpha value is -0.420. The molecule has 0 aliphatic rings. The van der Waals surface area contributed by atoms with Gasteiger partial charge in [-0.15, -0.1) is 13.2 Å². The van der Waals surface area contributed by atoms with E-state index in [2.05, 4.69) is 20.7 Å². The molecule has 0 saturated carbocycles. The summed E-state index contributed by atoms with van der Waals surface area (Å²) >= 11 is 8.69. The Morgan fingerprint density at radius 3 is 2.43 bits per heavy atom. The Labute approximate surface area is 91.9 Å². The molecule has 1 aromatic carbocycles. The van der Waals surface area contributed by atoms with Crippen LogP contribution in [0.3, 0.4) is 0 Å². The summed E-state index contributed by atoms with van der Waals surface area (Å²) in [5.74, 6) is -0.389. The van der Waals surface area contributed by atoms with Crippen LogP contribution in [0.25, 0.3) is 0 Å². The molecule has 0 atom stereocenters. The summed E-state index contributed by atoms with van der Waals surface area (Å²) in [6.45, 7) is 1.64. The van der Waals surface area contributed by atoms with E-state index in [9.17, 15) is 13.2 Å². The zero-order chi connectivity index (χ0) is 10.9. The Bertz CT molecular complexity index is 351. The van der Waals surface area contributed by atoms with E-state index in [1.165, 1.54) is 12.1 Å². The van der Waals surface area contributed by atoms with Crippen LogP contribution in [0.5, 0.6) is 5.75 Å². The van der Waals surface area contributed by atoms with E-state index in [0.29, 0.717) is 10.0 Å². The van der Waals surface area contributed by atoms with Gasteiger partial charge in [-0.2, -0.15) is 0 Å². The van der Waals surface area contributed by atoms with E-state index < -0.39 is 6.36 Å². The highest BCUT2D eigenvalue weighted by Gasteiger charge is 2.32. The van der Waals surface area contributed by atoms with Gasteiger partial charge in [0.25, 0.3) is 0 Å². The van der Waals surface area contributed by atoms with Gasteiger partial charge in [-0.3, -0.25) is 0 Å². The van der Waals surface area contributed by atoms with Crippen molar-refractivity contribution in [2.45, 2.75) is 13.3 Å². The molecule has 1 nitrogen and oxygen atoms in total. The van der Waals surface area contributed by atoms with Crippen molar-refractivity contribution in [3.8, 4) is 5.75 Å². The maximum Gasteiger partial charge on any atom is 0.573 e. The minimum absolute atomic E-state index is 0.0835. The molecule has 0 spiro atoms. The topological polar surface area (TPSA) is 9.23 Å². The fourth-order valence-corrected chi connectivity index (χ4v) is 1.51. The van der Waals surface area contributed by atoms with E-state index in [4.69, 9.17) is 11.6 Å². The summed E-state index contributed by atoms with van der Waals surface area (Å²) in [4.78, 5) is 0. The maximum atomic E-state index is 11.9. The van der Waals surface area contributed by atoms with Crippen LogP contribution < -0.4 is 4.74 Å². The number of rotatable bonds is 1. The van der Waals surface area contributed by atoms with Crippen molar-refractivity contribution in [1.82, 2.24) is 0 Å². The molecular weight excluding hydrogens is 284 g/mol. The molecule has 0 N–H and O–H groups in total. The molecule has 0 aromatic heterocycles. The van der Waals surface area contributed by atoms with Crippen molar-refractivity contribution in [3.63, 3.8) is 0 Å². The summed E-state index contributed by atoms with van der Waals surface area (Å²) in [6, 6.07) is 2.58. The Balaban J connectivity index is 3.04. The van der Waals surface area contributed by atoms with E-state index in [0.717, 1.165) is 0 Å². The highest BCUT2D eigenvalue weighted by atomic mass is 79.9. The lowest BCUT2D eigenvalue weighted by Crippen LogP contribution is -2.17. The van der Waals surface area contributed by atoms with Crippen LogP contribution in [0.15, 0.2) is 16.6 Å². The van der Waals surface area contributed by atoms with Crippen molar-refractivity contribution in [2.75, 3.05) is 0 Å². The van der Waals surface area contributed by atoms with Crippen LogP contribution in [0.4, 0.5) is 13.2 Å². The zero-order valence-electron chi connectivity index (χ0n) is 6.95. The number of aryl methyl sites for hydroxylation is 1. The summed E-state index contributed by atoms with van der Waals surface area (Å²) in [5, 5.41) is -0.0835. The molecule has 0 heterocycles. The lowest BCUT2D eigenvalue weighted by Gasteiger charge is -2.11. The first-order valence-electron chi connectivity index (χ1n) is 3.51. The number of benzene rings is 1. The van der Waals surface area contributed by atoms with Crippen LogP contribution >= 0.6 is 27.5 Å². The summed E-state index contributed by atoms with van der Waals surface area (Å²) < 4.78 is 39.9. The Morgan fingerprint density at radius 2 is 1.93 bits per heavy atom. The predicted octanol–water partition coefficient (Wildman–Crippen LogP) is 4.31. The fraction of sp³-hybridized carbons (Fsp3) is 0.250. The first kappa shape index (κ1) is 11.7. The second-order valence-electron chi connectivity index (χ2n) is 2.58. The lowest BCUT2D eigenvalue weighted by atomic mass is 10.2. The maximum absolute atomic E-state index is 11.9. The van der Waals surface area contributed by atoms with Crippen molar-refractivity contribution in [1.29, 1.82) is 0 Å². The zero-order valence-corrected chi connectivity index (χ0v) is 9.29. The molecule has 0 saturated heterocycles. The van der Waals surface area contributed by atoms with E-state index in [1.807, 2.05) is 0 Å². The van der Waals surface area contributed by atoms with Crippen molar-refractivity contribution in [3.05, 3.63) is 27.2 Å². The monoisotopic (exact) mass is 288 g/mol. The first-order valence-corrected chi connectivity index (χ1v) is 4.68. The molecule has 0 aliphatic heterocycles. The van der Waals surface area contributed by atoms with Crippen LogP contribution in [0.2, 0.25) is 5.02 Å². The van der Waals surface area contributed by atoms with Crippen LogP contribution in [0, 0.1) is 6.92 Å². The van der Waals surface area contributed by atoms with Gasteiger partial charge in [0.2, 0.25) is 0 Å². The molecule has 14 heavy (non-hydrogen) atoms. The second-order valence-corrected chi connectivity index (χ2v) is 3.84. The smallest absolute Gasteiger partial charge is 0.404 e. The SMILES string of the molecule is Cc1cc(OC(F)(F)F)c(Cl)cc1Br. The van der Waals surface area contributed by atoms with Crippen molar-refractivity contribution >= 4 is 27.5 Å². The highest BCUT2D eigenvalue weighted by Crippen LogP contribution is 2.34. The largest absolute Gasteiger partial charge is 0.573 e. The highest BCUT2D eigenvalue weighted by molar-refractivity contribution is 9.10. The van der Waals surface area contributed by atoms with E-state index >= 15 is 0 Å². The minimum Gasteiger partial charge on any atom is -0.404 e. The van der Waals surface area contributed by atoms with Crippen molar-refractivity contribution < 1.29 is 17.9 Å². The summed E-state index contributed by atoms with van der Waals surface area (Å²) in [7, 11) is 0. The third-order valence-corrected chi connectivity index (χ3v) is 2.59. The number of hydrogen-bond donors (Lipinski definition) is 0. The number of ether oxygens (including phenoxy) is 1. The van der Waals surface area contributed by atoms with Gasteiger partial charge in [-0.25, -0.2) is 0 Å². The van der Waals surface area contributed by atoms with Gasteiger partial charge < -0.3 is 4.74 Å². The van der Waals surface area contributed by atoms with Crippen LogP contribution in [-0.2, 0) is 0 Å². The molecular formula is C8H5BrClF3O. The molecule has 0 amide bonds. The van der Waals surface area contributed by atoms with Gasteiger partial charge in [0.1, 0.15) is 5.75 Å². The molecule has 0 bridgehead atoms. The molecule has 0 radical (unpaired) electrons. The Kier molecular flexibility index (Phi) is 3.32. The van der Waals surface area contributed by atoms with Gasteiger partial charge in [-0.05, 0) is 24.6 Å². The molecule has 0 fully saturated rings. The van der Waals surface area contributed by atoms with Crippen molar-refractivity contribution in [2.24, 2.45) is 0 Å². The van der Waals surface area contributed by atoms with Gasteiger partial charge in [0, 0.05) is 4.47 Å². The number of hydrogen-bond acceptors (Lipinski definition) is 1. The third kappa shape index (κ3) is 3.06. The molecule has 0 unspecified atom stereocenters. The summed E-state index contributed by atoms with van der Waals surface area (Å²) in [5.41, 5.74) is 0.619. The molecule has 0 aliphatic carbocycles. The average molecular weight is 289 g/mol. The third-order valence-electron chi connectivity index (χ3n) is 1.44. The normalized spacial score (nSPS) is 11.6. The lowest BCUT2D eigenvalue weighted by molar-refractivity contribution is -0.274. The van der Waals surface area contributed by atoms with Gasteiger partial charge in [0.05, 0.1) is 5.02 Å². The molecule has 1 aromatic rings. The first-order chi connectivity index (χ1) is 6.29. The number of alkyl halides is 3. The molecule has 1 rings (SSSR count). The van der Waals surface area contributed by atoms with Gasteiger partial charge >= 0.3 is 6.36 Å². The summed E-state index contributed by atoms with van der Waals surface area (Å²) in [6.07, 6.45) is -4.72. The average Bonchev–Trinajstić information content (AvgIpc) is 1.97. The second kappa shape index (κ2) is 3.98. The molecule has 78 valence electrons. The minimum atomic E-state index is -4.72. The molecule has 6 heteroatoms. The fourth-order valence-electron chi connectivity index (χ4n) is 0.834. The Morgan fingerprint density at radius 1 is 1.36 bits per heavy atom. The van der Waals surface area contributed by atoms with E-state index in [1.54, 1.807) is 6.92 Å². The number of halogens is 5. The van der Waals surface area contributed by atoms with E-state index in [-0.39, 0.29) is 10.8 Å². The van der Waals surface area contributed by atoms with Gasteiger partial charge in [-0.1, -0.05) is 27.5 Å². The quantitative estimate of drug-likeness (QED) is 0.748. The standard InChI is InChI=1S/C8H5BrClF3O/c1-4-2-7(14-8(11,12)13)6(10)3-5(4)9/h2-3H,1H3. The van der Waals surface area contributed by atoms with Gasteiger partial charge in [0.15, 0.2) is 0 Å².